The molecular weight excluding hydrogens is 210 g/mol. The molecule has 6 heteroatoms. The minimum absolute atomic E-state index is 0.0116. The zero-order chi connectivity index (χ0) is 12.6. The van der Waals surface area contributed by atoms with Gasteiger partial charge in [0, 0.05) is 10.1 Å². The van der Waals surface area contributed by atoms with Crippen LogP contribution >= 0.6 is 0 Å². The van der Waals surface area contributed by atoms with Gasteiger partial charge in [-0.25, -0.2) is 4.79 Å². The zero-order valence-corrected chi connectivity index (χ0v) is 9.20. The first-order chi connectivity index (χ1) is 7.43. The predicted octanol–water partition coefficient (Wildman–Crippen LogP) is 1.62. The summed E-state index contributed by atoms with van der Waals surface area (Å²) in [6.07, 6.45) is 0. The van der Waals surface area contributed by atoms with Gasteiger partial charge in [-0.3, -0.25) is 0 Å². The average Bonchev–Trinajstić information content (AvgIpc) is 2.17. The molecule has 0 bridgehead atoms. The Bertz CT molecular complexity index is 346. The number of aromatic carboxylic acids is 1. The Morgan fingerprint density at radius 1 is 1.44 bits per heavy atom. The van der Waals surface area contributed by atoms with Gasteiger partial charge in [0.15, 0.2) is 0 Å². The normalized spacial score (nSPS) is 10.6. The number of carbonyl (C=O) groups is 1. The number of carboxylic acids is 1. The molecule has 1 rings (SSSR count). The van der Waals surface area contributed by atoms with E-state index < -0.39 is 5.97 Å². The molecule has 0 heterocycles. The first kappa shape index (κ1) is 13.9. The molecule has 0 radical (unpaired) electrons. The summed E-state index contributed by atoms with van der Waals surface area (Å²) in [5.41, 5.74) is 0.331. The van der Waals surface area contributed by atoms with Gasteiger partial charge in [0.05, 0.1) is 5.56 Å². The van der Waals surface area contributed by atoms with Gasteiger partial charge in [-0.05, 0) is 26.0 Å². The van der Waals surface area contributed by atoms with Crippen molar-refractivity contribution >= 4 is 5.97 Å². The number of benzene rings is 1. The first-order valence-corrected chi connectivity index (χ1v) is 4.64. The van der Waals surface area contributed by atoms with Crippen molar-refractivity contribution in [1.82, 2.24) is 0 Å². The Morgan fingerprint density at radius 3 is 2.12 bits per heavy atom. The van der Waals surface area contributed by atoms with E-state index in [1.165, 1.54) is 0 Å². The van der Waals surface area contributed by atoms with Gasteiger partial charge < -0.3 is 10.3 Å². The van der Waals surface area contributed by atoms with Crippen molar-refractivity contribution in [3.8, 4) is 0 Å². The third kappa shape index (κ3) is 7.31. The van der Waals surface area contributed by atoms with Crippen LogP contribution in [0.2, 0.25) is 0 Å². The second kappa shape index (κ2) is 7.22. The highest BCUT2D eigenvalue weighted by molar-refractivity contribution is 5.87. The molecule has 16 heavy (non-hydrogen) atoms. The summed E-state index contributed by atoms with van der Waals surface area (Å²) in [4.78, 5) is 10.3. The summed E-state index contributed by atoms with van der Waals surface area (Å²) >= 11 is 0. The molecule has 0 saturated carbocycles. The number of rotatable bonds is 2. The lowest BCUT2D eigenvalue weighted by Gasteiger charge is -1.90. The fourth-order valence-corrected chi connectivity index (χ4v) is 0.808. The molecule has 6 nitrogen and oxygen atoms in total. The van der Waals surface area contributed by atoms with Crippen LogP contribution in [0.4, 0.5) is 0 Å². The highest BCUT2D eigenvalue weighted by Crippen LogP contribution is 1.96. The van der Waals surface area contributed by atoms with Crippen LogP contribution in [-0.2, 0) is 0 Å². The van der Waals surface area contributed by atoms with Crippen molar-refractivity contribution in [2.75, 3.05) is 0 Å². The molecule has 0 spiro atoms. The lowest BCUT2D eigenvalue weighted by molar-refractivity contribution is -0.544. The smallest absolute Gasteiger partial charge is 0.335 e. The largest absolute Gasteiger partial charge is 0.572 e. The molecule has 0 atom stereocenters. The van der Waals surface area contributed by atoms with E-state index in [-0.39, 0.29) is 11.0 Å². The van der Waals surface area contributed by atoms with Gasteiger partial charge >= 0.3 is 5.97 Å². The number of hydrazine groups is 1. The van der Waals surface area contributed by atoms with Gasteiger partial charge in [0.25, 0.3) is 0 Å². The topological polar surface area (TPSA) is 102 Å². The quantitative estimate of drug-likeness (QED) is 0.345. The zero-order valence-electron chi connectivity index (χ0n) is 9.20. The predicted molar refractivity (Wildman–Crippen MR) is 58.8 cm³/mol. The van der Waals surface area contributed by atoms with E-state index in [2.05, 4.69) is 11.0 Å². The Morgan fingerprint density at radius 2 is 1.94 bits per heavy atom. The van der Waals surface area contributed by atoms with Crippen LogP contribution in [0.25, 0.3) is 0 Å². The monoisotopic (exact) mass is 225 g/mol. The van der Waals surface area contributed by atoms with Crippen molar-refractivity contribution in [2.24, 2.45) is 11.0 Å². The summed E-state index contributed by atoms with van der Waals surface area (Å²) in [5, 5.41) is 21.5. The molecule has 0 fully saturated rings. The van der Waals surface area contributed by atoms with Gasteiger partial charge in [-0.2, -0.15) is 5.84 Å². The van der Waals surface area contributed by atoms with E-state index in [1.807, 2.05) is 0 Å². The molecule has 0 aliphatic carbocycles. The van der Waals surface area contributed by atoms with E-state index in [0.717, 1.165) is 0 Å². The summed E-state index contributed by atoms with van der Waals surface area (Å²) in [6, 6.07) is 8.28. The first-order valence-electron chi connectivity index (χ1n) is 4.64. The lowest BCUT2D eigenvalue weighted by Crippen LogP contribution is -2.11. The number of hydrogen-bond donors (Lipinski definition) is 2. The second-order valence-electron chi connectivity index (χ2n) is 3.18. The molecule has 0 unspecified atom stereocenters. The molecule has 0 aromatic heterocycles. The van der Waals surface area contributed by atoms with Crippen molar-refractivity contribution in [2.45, 2.75) is 19.9 Å². The third-order valence-electron chi connectivity index (χ3n) is 1.37. The minimum atomic E-state index is -0.879. The SMILES string of the molecule is CC(C)N=[N+](N)[O-].O=C(O)c1ccccc1. The van der Waals surface area contributed by atoms with Crippen molar-refractivity contribution in [1.29, 1.82) is 0 Å². The molecule has 88 valence electrons. The summed E-state index contributed by atoms with van der Waals surface area (Å²) in [7, 11) is 0. The van der Waals surface area contributed by atoms with E-state index in [1.54, 1.807) is 44.2 Å². The fourth-order valence-electron chi connectivity index (χ4n) is 0.808. The number of carboxylic acid groups (broad SMARTS) is 1. The number of nitrogens with two attached hydrogens (primary N) is 1. The standard InChI is InChI=1S/C7H6O2.C3H9N3O/c8-7(9)6-4-2-1-3-5-6;1-3(2)5-6(4)7/h1-5H,(H,8,9);3H,1-2H3,(H2,4,5). The van der Waals surface area contributed by atoms with Crippen molar-refractivity contribution < 1.29 is 14.9 Å². The van der Waals surface area contributed by atoms with Crippen molar-refractivity contribution in [3.05, 3.63) is 41.1 Å². The van der Waals surface area contributed by atoms with Crippen LogP contribution in [-0.4, -0.2) is 22.1 Å². The molecule has 1 aromatic carbocycles. The molecule has 1 aromatic rings. The van der Waals surface area contributed by atoms with Gasteiger partial charge in [-0.15, -0.1) is 0 Å². The Balaban J connectivity index is 0.000000293. The van der Waals surface area contributed by atoms with Gasteiger partial charge in [-0.1, -0.05) is 18.2 Å². The molecule has 0 aliphatic rings. The second-order valence-corrected chi connectivity index (χ2v) is 3.18. The van der Waals surface area contributed by atoms with Crippen molar-refractivity contribution in [3.63, 3.8) is 0 Å². The van der Waals surface area contributed by atoms with Gasteiger partial charge in [0.1, 0.15) is 6.04 Å². The molecule has 0 saturated heterocycles. The Hall–Kier alpha value is -2.11. The van der Waals surface area contributed by atoms with E-state index in [9.17, 15) is 10.0 Å². The molecule has 0 aliphatic heterocycles. The number of hydrogen-bond acceptors (Lipinski definition) is 3. The maximum atomic E-state index is 10.2. The highest BCUT2D eigenvalue weighted by Gasteiger charge is 1.96. The van der Waals surface area contributed by atoms with Crippen LogP contribution in [0.15, 0.2) is 35.4 Å². The van der Waals surface area contributed by atoms with Crippen LogP contribution in [0.1, 0.15) is 24.2 Å². The maximum Gasteiger partial charge on any atom is 0.335 e. The molecule has 0 amide bonds. The average molecular weight is 225 g/mol. The van der Waals surface area contributed by atoms with E-state index >= 15 is 0 Å². The summed E-state index contributed by atoms with van der Waals surface area (Å²) in [6.45, 7) is 3.55. The van der Waals surface area contributed by atoms with Crippen LogP contribution in [0.5, 0.6) is 0 Å². The van der Waals surface area contributed by atoms with E-state index in [4.69, 9.17) is 5.11 Å². The van der Waals surface area contributed by atoms with Crippen LogP contribution in [0, 0.1) is 5.21 Å². The number of nitrogens with zero attached hydrogens (tertiary/aromatic N) is 2. The fraction of sp³-hybridized carbons (Fsp3) is 0.300. The highest BCUT2D eigenvalue weighted by atomic mass is 16.5. The van der Waals surface area contributed by atoms with Crippen LogP contribution in [0.3, 0.4) is 0 Å². The summed E-state index contributed by atoms with van der Waals surface area (Å²) in [5.74, 6) is 3.73. The molecule has 3 N–H and O–H groups in total. The Labute approximate surface area is 93.6 Å². The van der Waals surface area contributed by atoms with Gasteiger partial charge in [0.2, 0.25) is 0 Å². The minimum Gasteiger partial charge on any atom is -0.572 e. The van der Waals surface area contributed by atoms with Crippen LogP contribution < -0.4 is 5.84 Å². The lowest BCUT2D eigenvalue weighted by atomic mass is 10.2. The Kier molecular flexibility index (Phi) is 6.27. The summed E-state index contributed by atoms with van der Waals surface area (Å²) < 4.78 is 0. The maximum absolute atomic E-state index is 10.2. The van der Waals surface area contributed by atoms with E-state index in [0.29, 0.717) is 5.56 Å². The third-order valence-corrected chi connectivity index (χ3v) is 1.37. The molecular formula is C10H15N3O3.